The van der Waals surface area contributed by atoms with Crippen molar-refractivity contribution in [2.75, 3.05) is 26.2 Å². The summed E-state index contributed by atoms with van der Waals surface area (Å²) in [6, 6.07) is 0. The first kappa shape index (κ1) is 14.6. The predicted molar refractivity (Wildman–Crippen MR) is 71.4 cm³/mol. The first-order valence-corrected chi connectivity index (χ1v) is 6.49. The standard InChI is InChI=1S/C10H24N2S2/c1-5-11(6-2)9(10(13)14)12(7-3)8-4/h9-10,13-14H,5-8H2,1-4H3. The second-order valence-corrected chi connectivity index (χ2v) is 4.79. The first-order chi connectivity index (χ1) is 6.62. The predicted octanol–water partition coefficient (Wildman–Crippen LogP) is 2.18. The normalized spacial score (nSPS) is 12.4. The summed E-state index contributed by atoms with van der Waals surface area (Å²) in [7, 11) is 0. The van der Waals surface area contributed by atoms with E-state index in [0.717, 1.165) is 26.2 Å². The molecule has 86 valence electrons. The molecule has 0 atom stereocenters. The lowest BCUT2D eigenvalue weighted by Crippen LogP contribution is -2.52. The van der Waals surface area contributed by atoms with E-state index >= 15 is 0 Å². The Balaban J connectivity index is 4.54. The van der Waals surface area contributed by atoms with Crippen molar-refractivity contribution in [2.45, 2.75) is 38.4 Å². The summed E-state index contributed by atoms with van der Waals surface area (Å²) in [4.78, 5) is 4.80. The fourth-order valence-corrected chi connectivity index (χ4v) is 2.56. The minimum atomic E-state index is 0.0924. The molecule has 0 aromatic heterocycles. The van der Waals surface area contributed by atoms with Gasteiger partial charge in [-0.1, -0.05) is 27.7 Å². The molecule has 0 aliphatic rings. The van der Waals surface area contributed by atoms with Gasteiger partial charge in [0.05, 0.1) is 10.7 Å². The minimum absolute atomic E-state index is 0.0924. The zero-order valence-corrected chi connectivity index (χ0v) is 11.6. The van der Waals surface area contributed by atoms with E-state index in [4.69, 9.17) is 0 Å². The molecule has 0 aromatic rings. The molecule has 0 aromatic carbocycles. The Morgan fingerprint density at radius 1 is 0.786 bits per heavy atom. The average molecular weight is 236 g/mol. The molecule has 0 unspecified atom stereocenters. The van der Waals surface area contributed by atoms with Crippen LogP contribution >= 0.6 is 25.3 Å². The van der Waals surface area contributed by atoms with Gasteiger partial charge in [-0.25, -0.2) is 0 Å². The number of rotatable bonds is 7. The molecule has 0 saturated heterocycles. The van der Waals surface area contributed by atoms with Gasteiger partial charge in [0.15, 0.2) is 0 Å². The van der Waals surface area contributed by atoms with Crippen LogP contribution < -0.4 is 0 Å². The van der Waals surface area contributed by atoms with Gasteiger partial charge >= 0.3 is 0 Å². The van der Waals surface area contributed by atoms with Gasteiger partial charge in [-0.3, -0.25) is 9.80 Å². The maximum atomic E-state index is 4.47. The van der Waals surface area contributed by atoms with Crippen LogP contribution in [0.25, 0.3) is 0 Å². The van der Waals surface area contributed by atoms with Gasteiger partial charge in [0, 0.05) is 0 Å². The third-order valence-electron chi connectivity index (χ3n) is 2.64. The molecule has 0 bridgehead atoms. The largest absolute Gasteiger partial charge is 0.287 e. The van der Waals surface area contributed by atoms with Gasteiger partial charge in [0.1, 0.15) is 0 Å². The summed E-state index contributed by atoms with van der Waals surface area (Å²) < 4.78 is 0.0924. The Morgan fingerprint density at radius 3 is 1.21 bits per heavy atom. The Labute approximate surface area is 99.9 Å². The lowest BCUT2D eigenvalue weighted by Gasteiger charge is -2.39. The van der Waals surface area contributed by atoms with E-state index in [1.165, 1.54) is 0 Å². The molecule has 0 amide bonds. The highest BCUT2D eigenvalue weighted by molar-refractivity contribution is 7.99. The van der Waals surface area contributed by atoms with E-state index in [1.54, 1.807) is 0 Å². The third kappa shape index (κ3) is 4.01. The van der Waals surface area contributed by atoms with Crippen LogP contribution in [0.1, 0.15) is 27.7 Å². The maximum absolute atomic E-state index is 4.47. The molecule has 0 N–H and O–H groups in total. The van der Waals surface area contributed by atoms with Gasteiger partial charge in [-0.15, -0.1) is 0 Å². The van der Waals surface area contributed by atoms with Crippen molar-refractivity contribution >= 4 is 25.3 Å². The molecule has 0 spiro atoms. The smallest absolute Gasteiger partial charge is 0.0833 e. The third-order valence-corrected chi connectivity index (χ3v) is 3.17. The summed E-state index contributed by atoms with van der Waals surface area (Å²) in [5, 5.41) is 0. The van der Waals surface area contributed by atoms with E-state index in [0.29, 0.717) is 6.17 Å². The summed E-state index contributed by atoms with van der Waals surface area (Å²) in [6.45, 7) is 12.9. The zero-order valence-electron chi connectivity index (χ0n) is 9.77. The van der Waals surface area contributed by atoms with Crippen molar-refractivity contribution in [1.82, 2.24) is 9.80 Å². The van der Waals surface area contributed by atoms with Crippen molar-refractivity contribution in [3.63, 3.8) is 0 Å². The van der Waals surface area contributed by atoms with Gasteiger partial charge in [-0.2, -0.15) is 25.3 Å². The average Bonchev–Trinajstić information content (AvgIpc) is 2.18. The molecular formula is C10H24N2S2. The van der Waals surface area contributed by atoms with Crippen molar-refractivity contribution in [3.8, 4) is 0 Å². The molecule has 0 saturated carbocycles. The van der Waals surface area contributed by atoms with Crippen molar-refractivity contribution in [1.29, 1.82) is 0 Å². The van der Waals surface area contributed by atoms with Gasteiger partial charge in [-0.05, 0) is 26.2 Å². The summed E-state index contributed by atoms with van der Waals surface area (Å²) >= 11 is 8.94. The fraction of sp³-hybridized carbons (Fsp3) is 1.00. The van der Waals surface area contributed by atoms with Gasteiger partial charge in [0.25, 0.3) is 0 Å². The van der Waals surface area contributed by atoms with E-state index < -0.39 is 0 Å². The lowest BCUT2D eigenvalue weighted by molar-refractivity contribution is 0.0698. The van der Waals surface area contributed by atoms with Crippen LogP contribution in [-0.4, -0.2) is 46.7 Å². The lowest BCUT2D eigenvalue weighted by atomic mass is 10.3. The van der Waals surface area contributed by atoms with Crippen LogP contribution in [0.2, 0.25) is 0 Å². The topological polar surface area (TPSA) is 6.48 Å². The van der Waals surface area contributed by atoms with Gasteiger partial charge < -0.3 is 0 Å². The van der Waals surface area contributed by atoms with Crippen molar-refractivity contribution in [2.24, 2.45) is 0 Å². The van der Waals surface area contributed by atoms with Crippen LogP contribution in [0.15, 0.2) is 0 Å². The molecule has 0 fully saturated rings. The van der Waals surface area contributed by atoms with E-state index in [2.05, 4.69) is 62.8 Å². The Kier molecular flexibility index (Phi) is 8.20. The summed E-state index contributed by atoms with van der Waals surface area (Å²) in [5.41, 5.74) is 0. The highest BCUT2D eigenvalue weighted by Gasteiger charge is 2.25. The summed E-state index contributed by atoms with van der Waals surface area (Å²) in [6.07, 6.45) is 0.340. The van der Waals surface area contributed by atoms with Gasteiger partial charge in [0.2, 0.25) is 0 Å². The second-order valence-electron chi connectivity index (χ2n) is 3.27. The maximum Gasteiger partial charge on any atom is 0.0833 e. The summed E-state index contributed by atoms with van der Waals surface area (Å²) in [5.74, 6) is 0. The molecule has 0 radical (unpaired) electrons. The van der Waals surface area contributed by atoms with Crippen LogP contribution in [0.4, 0.5) is 0 Å². The highest BCUT2D eigenvalue weighted by atomic mass is 32.2. The molecule has 0 aliphatic heterocycles. The molecule has 0 rings (SSSR count). The minimum Gasteiger partial charge on any atom is -0.287 e. The Hall–Kier alpha value is 0.620. The number of thiol groups is 2. The molecule has 4 heteroatoms. The Bertz CT molecular complexity index is 122. The molecule has 2 nitrogen and oxygen atoms in total. The van der Waals surface area contributed by atoms with Crippen molar-refractivity contribution < 1.29 is 0 Å². The van der Waals surface area contributed by atoms with E-state index in [1.807, 2.05) is 0 Å². The van der Waals surface area contributed by atoms with E-state index in [-0.39, 0.29) is 4.58 Å². The van der Waals surface area contributed by atoms with E-state index in [9.17, 15) is 0 Å². The quantitative estimate of drug-likeness (QED) is 0.517. The fourth-order valence-electron chi connectivity index (χ4n) is 1.80. The SMILES string of the molecule is CCN(CC)C(C(S)S)N(CC)CC. The zero-order chi connectivity index (χ0) is 11.1. The molecule has 0 aliphatic carbocycles. The molecule has 0 heterocycles. The van der Waals surface area contributed by atoms with Crippen LogP contribution in [-0.2, 0) is 0 Å². The Morgan fingerprint density at radius 2 is 1.07 bits per heavy atom. The number of nitrogens with zero attached hydrogens (tertiary/aromatic N) is 2. The van der Waals surface area contributed by atoms with Crippen molar-refractivity contribution in [3.05, 3.63) is 0 Å². The molecular weight excluding hydrogens is 212 g/mol. The second kappa shape index (κ2) is 7.85. The number of hydrogen-bond acceptors (Lipinski definition) is 4. The van der Waals surface area contributed by atoms with Crippen LogP contribution in [0.5, 0.6) is 0 Å². The monoisotopic (exact) mass is 236 g/mol. The first-order valence-electron chi connectivity index (χ1n) is 5.46. The molecule has 14 heavy (non-hydrogen) atoms. The van der Waals surface area contributed by atoms with Crippen LogP contribution in [0.3, 0.4) is 0 Å². The number of hydrogen-bond donors (Lipinski definition) is 2. The van der Waals surface area contributed by atoms with Crippen LogP contribution in [0, 0.1) is 0 Å². The highest BCUT2D eigenvalue weighted by Crippen LogP contribution is 2.17.